The zero-order valence-electron chi connectivity index (χ0n) is 15.2. The molecule has 1 amide bonds. The van der Waals surface area contributed by atoms with E-state index in [9.17, 15) is 4.79 Å². The van der Waals surface area contributed by atoms with Crippen molar-refractivity contribution in [3.05, 3.63) is 40.6 Å². The molecule has 0 radical (unpaired) electrons. The van der Waals surface area contributed by atoms with E-state index < -0.39 is 0 Å². The third-order valence-corrected chi connectivity index (χ3v) is 4.96. The third-order valence-electron chi connectivity index (χ3n) is 4.17. The minimum Gasteiger partial charge on any atom is -0.328 e. The molecular weight excluding hydrogens is 370 g/mol. The molecule has 2 aromatic rings. The number of halogens is 1. The van der Waals surface area contributed by atoms with Crippen LogP contribution in [-0.2, 0) is 4.79 Å². The first-order chi connectivity index (χ1) is 12.4. The Morgan fingerprint density at radius 2 is 2.08 bits per heavy atom. The van der Waals surface area contributed by atoms with Gasteiger partial charge in [-0.1, -0.05) is 37.2 Å². The van der Waals surface area contributed by atoms with Gasteiger partial charge in [0.1, 0.15) is 0 Å². The zero-order chi connectivity index (χ0) is 18.8. The van der Waals surface area contributed by atoms with Crippen LogP contribution >= 0.6 is 23.4 Å². The molecule has 138 valence electrons. The number of carbonyl (C=O) groups is 1. The van der Waals surface area contributed by atoms with Crippen LogP contribution in [0, 0.1) is 5.92 Å². The quantitative estimate of drug-likeness (QED) is 0.730. The Morgan fingerprint density at radius 1 is 1.38 bits per heavy atom. The summed E-state index contributed by atoms with van der Waals surface area (Å²) in [5.41, 5.74) is 2.19. The number of anilines is 2. The fourth-order valence-corrected chi connectivity index (χ4v) is 3.49. The Bertz CT molecular complexity index is 844. The normalized spacial score (nSPS) is 16.5. The second-order valence-corrected chi connectivity index (χ2v) is 7.85. The highest BCUT2D eigenvalue weighted by Gasteiger charge is 2.33. The minimum atomic E-state index is -0.160. The van der Waals surface area contributed by atoms with Crippen LogP contribution in [0.25, 0.3) is 0 Å². The number of hydrogen-bond donors (Lipinski definition) is 2. The van der Waals surface area contributed by atoms with Crippen LogP contribution in [0.4, 0.5) is 11.6 Å². The van der Waals surface area contributed by atoms with Crippen LogP contribution in [0.2, 0.25) is 5.02 Å². The maximum absolute atomic E-state index is 13.0. The molecule has 0 fully saturated rings. The number of rotatable bonds is 5. The van der Waals surface area contributed by atoms with Gasteiger partial charge in [0, 0.05) is 16.4 Å². The van der Waals surface area contributed by atoms with Crippen molar-refractivity contribution in [1.82, 2.24) is 14.8 Å². The van der Waals surface area contributed by atoms with Crippen molar-refractivity contribution >= 4 is 40.9 Å². The molecule has 8 heteroatoms. The van der Waals surface area contributed by atoms with Gasteiger partial charge < -0.3 is 10.6 Å². The number of benzene rings is 1. The molecule has 2 N–H and O–H groups in total. The predicted octanol–water partition coefficient (Wildman–Crippen LogP) is 4.58. The number of thioether (sulfide) groups is 1. The first-order valence-electron chi connectivity index (χ1n) is 8.44. The van der Waals surface area contributed by atoms with Gasteiger partial charge in [-0.3, -0.25) is 4.79 Å². The third kappa shape index (κ3) is 3.88. The standard InChI is InChI=1S/C18H22ClN5OS/c1-10(2)9-14-15(16(25)21-13-7-5-12(19)6-8-13)11(3)20-17-22-18(26-4)23-24(14)17/h5-8,10,14H,9H2,1-4H3,(H,21,25)(H,20,22,23)/t14-/m0/s1. The maximum Gasteiger partial charge on any atom is 0.255 e. The molecule has 0 unspecified atom stereocenters. The summed E-state index contributed by atoms with van der Waals surface area (Å²) in [4.78, 5) is 17.5. The number of hydrogen-bond acceptors (Lipinski definition) is 5. The fourth-order valence-electron chi connectivity index (χ4n) is 3.02. The summed E-state index contributed by atoms with van der Waals surface area (Å²) < 4.78 is 1.83. The number of allylic oxidation sites excluding steroid dienone is 1. The van der Waals surface area contributed by atoms with Crippen molar-refractivity contribution in [2.24, 2.45) is 5.92 Å². The summed E-state index contributed by atoms with van der Waals surface area (Å²) in [5, 5.41) is 12.1. The van der Waals surface area contributed by atoms with Crippen LogP contribution in [0.3, 0.4) is 0 Å². The van der Waals surface area contributed by atoms with Crippen LogP contribution in [0.5, 0.6) is 0 Å². The Morgan fingerprint density at radius 3 is 2.69 bits per heavy atom. The Labute approximate surface area is 162 Å². The van der Waals surface area contributed by atoms with Crippen molar-refractivity contribution in [2.75, 3.05) is 16.9 Å². The van der Waals surface area contributed by atoms with E-state index in [1.54, 1.807) is 24.3 Å². The van der Waals surface area contributed by atoms with Gasteiger partial charge in [0.2, 0.25) is 11.1 Å². The minimum absolute atomic E-state index is 0.144. The largest absolute Gasteiger partial charge is 0.328 e. The van der Waals surface area contributed by atoms with E-state index in [1.807, 2.05) is 17.9 Å². The van der Waals surface area contributed by atoms with Crippen LogP contribution in [0.1, 0.15) is 33.2 Å². The highest BCUT2D eigenvalue weighted by atomic mass is 35.5. The lowest BCUT2D eigenvalue weighted by Crippen LogP contribution is -2.31. The molecule has 1 aromatic carbocycles. The first-order valence-corrected chi connectivity index (χ1v) is 10.0. The molecule has 2 heterocycles. The number of nitrogens with zero attached hydrogens (tertiary/aromatic N) is 3. The molecule has 0 aliphatic carbocycles. The van der Waals surface area contributed by atoms with Crippen molar-refractivity contribution in [2.45, 2.75) is 38.4 Å². The lowest BCUT2D eigenvalue weighted by atomic mass is 9.94. The number of fused-ring (bicyclic) bond motifs is 1. The van der Waals surface area contributed by atoms with E-state index in [-0.39, 0.29) is 11.9 Å². The summed E-state index contributed by atoms with van der Waals surface area (Å²) >= 11 is 7.40. The summed E-state index contributed by atoms with van der Waals surface area (Å²) in [6.07, 6.45) is 2.74. The number of amides is 1. The molecule has 3 rings (SSSR count). The molecule has 1 aliphatic heterocycles. The molecular formula is C18H22ClN5OS. The van der Waals surface area contributed by atoms with E-state index >= 15 is 0 Å². The Kier molecular flexibility index (Phi) is 5.58. The first kappa shape index (κ1) is 18.8. The van der Waals surface area contributed by atoms with Gasteiger partial charge in [0.05, 0.1) is 11.6 Å². The summed E-state index contributed by atoms with van der Waals surface area (Å²) in [6.45, 7) is 6.18. The lowest BCUT2D eigenvalue weighted by molar-refractivity contribution is -0.113. The zero-order valence-corrected chi connectivity index (χ0v) is 16.8. The SMILES string of the molecule is CSc1nc2n(n1)[C@@H](CC(C)C)C(C(=O)Nc1ccc(Cl)cc1)=C(C)N2. The molecule has 1 atom stereocenters. The van der Waals surface area contributed by atoms with Gasteiger partial charge in [0.15, 0.2) is 0 Å². The summed E-state index contributed by atoms with van der Waals surface area (Å²) in [5.74, 6) is 0.939. The average Bonchev–Trinajstić information content (AvgIpc) is 2.99. The summed E-state index contributed by atoms with van der Waals surface area (Å²) in [7, 11) is 0. The molecule has 0 saturated carbocycles. The molecule has 0 saturated heterocycles. The van der Waals surface area contributed by atoms with Gasteiger partial charge >= 0.3 is 0 Å². The molecule has 6 nitrogen and oxygen atoms in total. The summed E-state index contributed by atoms with van der Waals surface area (Å²) in [6, 6.07) is 6.92. The van der Waals surface area contributed by atoms with Crippen molar-refractivity contribution in [3.63, 3.8) is 0 Å². The molecule has 0 spiro atoms. The van der Waals surface area contributed by atoms with E-state index in [0.29, 0.717) is 33.3 Å². The van der Waals surface area contributed by atoms with E-state index in [0.717, 1.165) is 12.1 Å². The van der Waals surface area contributed by atoms with E-state index in [1.165, 1.54) is 11.8 Å². The Hall–Kier alpha value is -1.99. The van der Waals surface area contributed by atoms with Gasteiger partial charge in [-0.15, -0.1) is 5.10 Å². The molecule has 0 bridgehead atoms. The van der Waals surface area contributed by atoms with Gasteiger partial charge in [0.25, 0.3) is 5.91 Å². The van der Waals surface area contributed by atoms with Crippen LogP contribution < -0.4 is 10.6 Å². The topological polar surface area (TPSA) is 71.8 Å². The van der Waals surface area contributed by atoms with E-state index in [4.69, 9.17) is 11.6 Å². The average molecular weight is 392 g/mol. The Balaban J connectivity index is 1.93. The van der Waals surface area contributed by atoms with Crippen LogP contribution in [-0.4, -0.2) is 26.9 Å². The maximum atomic E-state index is 13.0. The highest BCUT2D eigenvalue weighted by molar-refractivity contribution is 7.98. The van der Waals surface area contributed by atoms with Gasteiger partial charge in [-0.25, -0.2) is 4.68 Å². The van der Waals surface area contributed by atoms with E-state index in [2.05, 4.69) is 34.6 Å². The number of carbonyl (C=O) groups excluding carboxylic acids is 1. The number of nitrogens with one attached hydrogen (secondary N) is 2. The highest BCUT2D eigenvalue weighted by Crippen LogP contribution is 2.35. The number of aromatic nitrogens is 3. The van der Waals surface area contributed by atoms with Crippen molar-refractivity contribution < 1.29 is 4.79 Å². The van der Waals surface area contributed by atoms with Gasteiger partial charge in [-0.05, 0) is 49.8 Å². The predicted molar refractivity (Wildman–Crippen MR) is 107 cm³/mol. The molecule has 26 heavy (non-hydrogen) atoms. The second kappa shape index (κ2) is 7.72. The monoisotopic (exact) mass is 391 g/mol. The fraction of sp³-hybridized carbons (Fsp3) is 0.389. The van der Waals surface area contributed by atoms with Crippen molar-refractivity contribution in [3.8, 4) is 0 Å². The second-order valence-electron chi connectivity index (χ2n) is 6.64. The smallest absolute Gasteiger partial charge is 0.255 e. The van der Waals surface area contributed by atoms with Crippen molar-refractivity contribution in [1.29, 1.82) is 0 Å². The molecule has 1 aliphatic rings. The van der Waals surface area contributed by atoms with Gasteiger partial charge in [-0.2, -0.15) is 4.98 Å². The molecule has 1 aromatic heterocycles. The van der Waals surface area contributed by atoms with Crippen LogP contribution in [0.15, 0.2) is 40.7 Å². The lowest BCUT2D eigenvalue weighted by Gasteiger charge is -2.29.